The molecule has 4 nitrogen and oxygen atoms in total. The van der Waals surface area contributed by atoms with Crippen molar-refractivity contribution in [1.82, 2.24) is 0 Å². The number of nitrogens with zero attached hydrogens (tertiary/aromatic N) is 1. The lowest BCUT2D eigenvalue weighted by Gasteiger charge is -2.22. The van der Waals surface area contributed by atoms with Gasteiger partial charge in [0.2, 0.25) is 0 Å². The molecule has 0 radical (unpaired) electrons. The molecule has 0 saturated carbocycles. The molecule has 130 valence electrons. The minimum absolute atomic E-state index is 0.306. The van der Waals surface area contributed by atoms with Crippen molar-refractivity contribution in [3.63, 3.8) is 0 Å². The zero-order valence-electron chi connectivity index (χ0n) is 14.7. The first-order valence-corrected chi connectivity index (χ1v) is 9.93. The van der Waals surface area contributed by atoms with E-state index in [-0.39, 0.29) is 0 Å². The maximum atomic E-state index is 13.0. The number of hydrogen-bond acceptors (Lipinski definition) is 3. The zero-order valence-corrected chi connectivity index (χ0v) is 15.5. The second-order valence-corrected chi connectivity index (χ2v) is 8.03. The van der Waals surface area contributed by atoms with Gasteiger partial charge in [-0.25, -0.2) is 8.42 Å². The molecule has 2 rings (SSSR count). The minimum Gasteiger partial charge on any atom is -0.372 e. The van der Waals surface area contributed by atoms with Crippen LogP contribution in [-0.2, 0) is 9.84 Å². The monoisotopic (exact) mass is 347 g/mol. The molecule has 0 aromatic heterocycles. The molecule has 24 heavy (non-hydrogen) atoms. The molecule has 0 bridgehead atoms. The lowest BCUT2D eigenvalue weighted by Crippen LogP contribution is -2.54. The smallest absolute Gasteiger partial charge is 0.190 e. The second kappa shape index (κ2) is 7.81. The Morgan fingerprint density at radius 2 is 1.50 bits per heavy atom. The van der Waals surface area contributed by atoms with Crippen LogP contribution < -0.4 is 10.6 Å². The van der Waals surface area contributed by atoms with Gasteiger partial charge in [-0.1, -0.05) is 29.8 Å². The molecule has 0 unspecified atom stereocenters. The summed E-state index contributed by atoms with van der Waals surface area (Å²) in [6, 6.07) is 14.8. The Labute approximate surface area is 145 Å². The van der Waals surface area contributed by atoms with Crippen molar-refractivity contribution in [3.8, 4) is 0 Å². The highest BCUT2D eigenvalue weighted by Crippen LogP contribution is 2.29. The van der Waals surface area contributed by atoms with Crippen molar-refractivity contribution in [3.05, 3.63) is 59.7 Å². The number of hydrogen-bond donors (Lipinski definition) is 1. The van der Waals surface area contributed by atoms with Crippen molar-refractivity contribution < 1.29 is 14.2 Å². The number of quaternary nitrogens is 1. The van der Waals surface area contributed by atoms with Gasteiger partial charge in [-0.15, -0.1) is 0 Å². The minimum atomic E-state index is -3.44. The quantitative estimate of drug-likeness (QED) is 0.837. The second-order valence-electron chi connectivity index (χ2n) is 5.90. The van der Waals surface area contributed by atoms with E-state index in [0.29, 0.717) is 11.4 Å². The van der Waals surface area contributed by atoms with Gasteiger partial charge in [0.1, 0.15) is 5.25 Å². The van der Waals surface area contributed by atoms with Crippen LogP contribution >= 0.6 is 0 Å². The van der Waals surface area contributed by atoms with Gasteiger partial charge in [0.05, 0.1) is 11.4 Å². The van der Waals surface area contributed by atoms with Crippen LogP contribution in [0.2, 0.25) is 0 Å². The number of benzene rings is 2. The van der Waals surface area contributed by atoms with Gasteiger partial charge < -0.3 is 10.6 Å². The van der Waals surface area contributed by atoms with Gasteiger partial charge >= 0.3 is 0 Å². The zero-order chi connectivity index (χ0) is 17.7. The summed E-state index contributed by atoms with van der Waals surface area (Å²) >= 11 is 0. The fourth-order valence-electron chi connectivity index (χ4n) is 2.88. The Balaban J connectivity index is 2.35. The Bertz CT molecular complexity index is 749. The molecular formula is C19H27N2O2S+. The normalized spacial score (nSPS) is 12.8. The van der Waals surface area contributed by atoms with Gasteiger partial charge in [0.25, 0.3) is 0 Å². The fourth-order valence-corrected chi connectivity index (χ4v) is 4.55. The summed E-state index contributed by atoms with van der Waals surface area (Å²) in [7, 11) is -3.44. The molecule has 1 atom stereocenters. The molecule has 0 saturated heterocycles. The summed E-state index contributed by atoms with van der Waals surface area (Å²) in [6.07, 6.45) is 0. The highest BCUT2D eigenvalue weighted by atomic mass is 32.2. The van der Waals surface area contributed by atoms with Gasteiger partial charge in [-0.2, -0.15) is 0 Å². The molecule has 0 fully saturated rings. The summed E-state index contributed by atoms with van der Waals surface area (Å²) in [4.78, 5) is 2.59. The number of sulfone groups is 1. The topological polar surface area (TPSA) is 65.0 Å². The first kappa shape index (κ1) is 18.5. The molecule has 0 aliphatic heterocycles. The largest absolute Gasteiger partial charge is 0.372 e. The summed E-state index contributed by atoms with van der Waals surface area (Å²) in [5, 5.41) is -0.619. The molecule has 2 aromatic rings. The van der Waals surface area contributed by atoms with Crippen molar-refractivity contribution in [2.45, 2.75) is 30.9 Å². The lowest BCUT2D eigenvalue weighted by molar-refractivity contribution is -0.367. The molecule has 0 amide bonds. The van der Waals surface area contributed by atoms with Crippen molar-refractivity contribution in [2.75, 3.05) is 24.5 Å². The fraction of sp³-hybridized carbons (Fsp3) is 0.368. The van der Waals surface area contributed by atoms with E-state index in [9.17, 15) is 8.42 Å². The molecule has 5 heteroatoms. The SMILES string of the molecule is CCN(CC)c1ccc([C@H](C[NH3+])S(=O)(=O)c2ccc(C)cc2)cc1. The Kier molecular flexibility index (Phi) is 6.02. The Morgan fingerprint density at radius 3 is 1.96 bits per heavy atom. The van der Waals surface area contributed by atoms with Crippen LogP contribution in [0.4, 0.5) is 5.69 Å². The maximum absolute atomic E-state index is 13.0. The van der Waals surface area contributed by atoms with Crippen LogP contribution in [0.1, 0.15) is 30.2 Å². The Hall–Kier alpha value is -1.85. The Morgan fingerprint density at radius 1 is 0.958 bits per heavy atom. The van der Waals surface area contributed by atoms with E-state index >= 15 is 0 Å². The highest BCUT2D eigenvalue weighted by Gasteiger charge is 2.29. The van der Waals surface area contributed by atoms with Crippen LogP contribution in [0, 0.1) is 6.92 Å². The van der Waals surface area contributed by atoms with Crippen LogP contribution in [0.15, 0.2) is 53.4 Å². The molecule has 0 spiro atoms. The molecular weight excluding hydrogens is 320 g/mol. The van der Waals surface area contributed by atoms with E-state index in [1.165, 1.54) is 0 Å². The molecule has 0 heterocycles. The third kappa shape index (κ3) is 3.79. The predicted octanol–water partition coefficient (Wildman–Crippen LogP) is 2.60. The highest BCUT2D eigenvalue weighted by molar-refractivity contribution is 7.91. The van der Waals surface area contributed by atoms with E-state index in [1.54, 1.807) is 12.1 Å². The van der Waals surface area contributed by atoms with E-state index in [4.69, 9.17) is 0 Å². The first-order valence-electron chi connectivity index (χ1n) is 8.38. The van der Waals surface area contributed by atoms with Gasteiger partial charge in [-0.05, 0) is 50.6 Å². The molecule has 0 aliphatic rings. The van der Waals surface area contributed by atoms with E-state index in [2.05, 4.69) is 24.5 Å². The van der Waals surface area contributed by atoms with Crippen molar-refractivity contribution >= 4 is 15.5 Å². The van der Waals surface area contributed by atoms with E-state index in [1.807, 2.05) is 43.3 Å². The summed E-state index contributed by atoms with van der Waals surface area (Å²) < 4.78 is 25.9. The van der Waals surface area contributed by atoms with Crippen LogP contribution in [0.25, 0.3) is 0 Å². The lowest BCUT2D eigenvalue weighted by atomic mass is 10.1. The summed E-state index contributed by atoms with van der Waals surface area (Å²) in [6.45, 7) is 8.32. The van der Waals surface area contributed by atoms with Crippen LogP contribution in [0.3, 0.4) is 0 Å². The third-order valence-corrected chi connectivity index (χ3v) is 6.57. The summed E-state index contributed by atoms with van der Waals surface area (Å²) in [5.74, 6) is 0. The van der Waals surface area contributed by atoms with Gasteiger partial charge in [0, 0.05) is 18.8 Å². The molecule has 0 aliphatic carbocycles. The van der Waals surface area contributed by atoms with E-state index in [0.717, 1.165) is 29.9 Å². The predicted molar refractivity (Wildman–Crippen MR) is 98.9 cm³/mol. The van der Waals surface area contributed by atoms with Crippen molar-refractivity contribution in [1.29, 1.82) is 0 Å². The van der Waals surface area contributed by atoms with Gasteiger partial charge in [-0.3, -0.25) is 0 Å². The molecule has 3 N–H and O–H groups in total. The standard InChI is InChI=1S/C19H26N2O2S/c1-4-21(5-2)17-10-8-16(9-11-17)19(14-20)24(22,23)18-12-6-15(3)7-13-18/h6-13,19H,4-5,14,20H2,1-3H3/p+1/t19-/m0/s1. The summed E-state index contributed by atoms with van der Waals surface area (Å²) in [5.41, 5.74) is 6.82. The third-order valence-electron chi connectivity index (χ3n) is 4.38. The first-order chi connectivity index (χ1) is 11.4. The average molecular weight is 348 g/mol. The van der Waals surface area contributed by atoms with E-state index < -0.39 is 15.1 Å². The number of rotatable bonds is 7. The van der Waals surface area contributed by atoms with Crippen LogP contribution in [-0.4, -0.2) is 28.1 Å². The number of aryl methyl sites for hydroxylation is 1. The number of anilines is 1. The average Bonchev–Trinajstić information content (AvgIpc) is 2.58. The van der Waals surface area contributed by atoms with Crippen LogP contribution in [0.5, 0.6) is 0 Å². The maximum Gasteiger partial charge on any atom is 0.190 e. The van der Waals surface area contributed by atoms with Gasteiger partial charge in [0.15, 0.2) is 9.84 Å². The molecule has 2 aromatic carbocycles. The van der Waals surface area contributed by atoms with Crippen molar-refractivity contribution in [2.24, 2.45) is 0 Å².